The predicted octanol–water partition coefficient (Wildman–Crippen LogP) is 2.45. The van der Waals surface area contributed by atoms with E-state index in [0.717, 1.165) is 0 Å². The Morgan fingerprint density at radius 1 is 1.33 bits per heavy atom. The monoisotopic (exact) mass is 326 g/mol. The summed E-state index contributed by atoms with van der Waals surface area (Å²) in [6, 6.07) is 7.07. The highest BCUT2D eigenvalue weighted by Gasteiger charge is 2.14. The summed E-state index contributed by atoms with van der Waals surface area (Å²) in [6.07, 6.45) is 2.23. The molecule has 0 saturated heterocycles. The number of aldehydes is 1. The zero-order valence-electron chi connectivity index (χ0n) is 11.5. The van der Waals surface area contributed by atoms with E-state index in [0.29, 0.717) is 28.1 Å². The molecule has 0 spiro atoms. The third-order valence-electron chi connectivity index (χ3n) is 3.12. The molecular weight excluding hydrogens is 312 g/mol. The third kappa shape index (κ3) is 3.71. The number of nitrogens with zero attached hydrogens (tertiary/aromatic N) is 2. The average Bonchev–Trinajstić information content (AvgIpc) is 2.89. The van der Waals surface area contributed by atoms with Gasteiger partial charge in [-0.2, -0.15) is 5.10 Å². The van der Waals surface area contributed by atoms with Crippen LogP contribution in [0.1, 0.15) is 17.3 Å². The first-order valence-corrected chi connectivity index (χ1v) is 8.64. The molecule has 0 aliphatic rings. The number of aromatic nitrogens is 2. The van der Waals surface area contributed by atoms with Gasteiger partial charge in [0.05, 0.1) is 22.9 Å². The van der Waals surface area contributed by atoms with E-state index in [-0.39, 0.29) is 18.1 Å². The molecule has 0 amide bonds. The lowest BCUT2D eigenvalue weighted by Crippen LogP contribution is -2.14. The van der Waals surface area contributed by atoms with Gasteiger partial charge >= 0.3 is 0 Å². The van der Waals surface area contributed by atoms with Gasteiger partial charge in [0.25, 0.3) is 0 Å². The molecule has 0 bridgehead atoms. The van der Waals surface area contributed by atoms with Crippen LogP contribution >= 0.6 is 11.6 Å². The van der Waals surface area contributed by atoms with Crippen LogP contribution in [0.2, 0.25) is 5.02 Å². The Bertz CT molecular complexity index is 753. The Kier molecular flexibility index (Phi) is 4.80. The molecule has 0 atom stereocenters. The van der Waals surface area contributed by atoms with Gasteiger partial charge in [0, 0.05) is 17.5 Å². The minimum absolute atomic E-state index is 0.00849. The molecule has 0 unspecified atom stereocenters. The van der Waals surface area contributed by atoms with E-state index >= 15 is 0 Å². The van der Waals surface area contributed by atoms with Crippen molar-refractivity contribution in [1.82, 2.24) is 9.78 Å². The van der Waals surface area contributed by atoms with Crippen LogP contribution < -0.4 is 0 Å². The maximum Gasteiger partial charge on any atom is 0.153 e. The van der Waals surface area contributed by atoms with E-state index < -0.39 is 9.84 Å². The molecule has 7 heteroatoms. The van der Waals surface area contributed by atoms with Crippen LogP contribution in [0.5, 0.6) is 0 Å². The minimum Gasteiger partial charge on any atom is -0.298 e. The number of rotatable bonds is 6. The summed E-state index contributed by atoms with van der Waals surface area (Å²) in [7, 11) is -3.08. The van der Waals surface area contributed by atoms with Crippen LogP contribution in [-0.4, -0.2) is 36.0 Å². The molecule has 2 aromatic rings. The molecular formula is C14H15ClN2O3S. The van der Waals surface area contributed by atoms with E-state index in [2.05, 4.69) is 5.10 Å². The van der Waals surface area contributed by atoms with Crippen LogP contribution in [0.15, 0.2) is 30.5 Å². The zero-order valence-corrected chi connectivity index (χ0v) is 13.1. The molecule has 1 aromatic carbocycles. The van der Waals surface area contributed by atoms with Crippen molar-refractivity contribution in [3.63, 3.8) is 0 Å². The van der Waals surface area contributed by atoms with E-state index in [9.17, 15) is 13.2 Å². The number of benzene rings is 1. The Hall–Kier alpha value is -1.66. The van der Waals surface area contributed by atoms with Crippen LogP contribution in [-0.2, 0) is 16.4 Å². The highest BCUT2D eigenvalue weighted by atomic mass is 35.5. The predicted molar refractivity (Wildman–Crippen MR) is 82.4 cm³/mol. The van der Waals surface area contributed by atoms with Crippen LogP contribution in [0.3, 0.4) is 0 Å². The summed E-state index contributed by atoms with van der Waals surface area (Å²) in [5, 5.41) is 4.78. The van der Waals surface area contributed by atoms with Crippen LogP contribution in [0.25, 0.3) is 11.3 Å². The quantitative estimate of drug-likeness (QED) is 0.765. The molecule has 1 aromatic heterocycles. The van der Waals surface area contributed by atoms with Crippen molar-refractivity contribution in [3.8, 4) is 11.3 Å². The molecule has 0 N–H and O–H groups in total. The summed E-state index contributed by atoms with van der Waals surface area (Å²) in [5.74, 6) is 0.0810. The third-order valence-corrected chi connectivity index (χ3v) is 5.13. The van der Waals surface area contributed by atoms with Crippen molar-refractivity contribution < 1.29 is 13.2 Å². The summed E-state index contributed by atoms with van der Waals surface area (Å²) in [4.78, 5) is 11.2. The Morgan fingerprint density at radius 3 is 2.67 bits per heavy atom. The number of carbonyl (C=O) groups is 1. The molecule has 2 rings (SSSR count). The number of sulfone groups is 1. The van der Waals surface area contributed by atoms with E-state index in [1.54, 1.807) is 31.2 Å². The molecule has 0 aliphatic carbocycles. The van der Waals surface area contributed by atoms with Crippen molar-refractivity contribution in [2.24, 2.45) is 0 Å². The first kappa shape index (κ1) is 15.7. The highest BCUT2D eigenvalue weighted by Crippen LogP contribution is 2.28. The lowest BCUT2D eigenvalue weighted by atomic mass is 10.1. The van der Waals surface area contributed by atoms with Gasteiger partial charge < -0.3 is 0 Å². The van der Waals surface area contributed by atoms with E-state index in [4.69, 9.17) is 11.6 Å². The normalized spacial score (nSPS) is 11.5. The lowest BCUT2D eigenvalue weighted by Gasteiger charge is -2.02. The Labute approximate surface area is 128 Å². The smallest absolute Gasteiger partial charge is 0.153 e. The van der Waals surface area contributed by atoms with Crippen molar-refractivity contribution in [2.45, 2.75) is 13.5 Å². The maximum absolute atomic E-state index is 11.5. The molecule has 0 aliphatic heterocycles. The largest absolute Gasteiger partial charge is 0.298 e. The topological polar surface area (TPSA) is 69.0 Å². The molecule has 0 saturated carbocycles. The first-order valence-electron chi connectivity index (χ1n) is 6.45. The fourth-order valence-electron chi connectivity index (χ4n) is 1.88. The number of hydrogen-bond acceptors (Lipinski definition) is 4. The van der Waals surface area contributed by atoms with Crippen molar-refractivity contribution in [2.75, 3.05) is 11.5 Å². The number of hydrogen-bond donors (Lipinski definition) is 0. The van der Waals surface area contributed by atoms with Crippen molar-refractivity contribution >= 4 is 27.7 Å². The second kappa shape index (κ2) is 6.41. The lowest BCUT2D eigenvalue weighted by molar-refractivity contribution is 0.112. The number of aryl methyl sites for hydroxylation is 1. The number of halogens is 1. The Morgan fingerprint density at radius 2 is 2.05 bits per heavy atom. The van der Waals surface area contributed by atoms with Gasteiger partial charge in [-0.1, -0.05) is 36.7 Å². The van der Waals surface area contributed by atoms with Gasteiger partial charge in [0.15, 0.2) is 16.1 Å². The van der Waals surface area contributed by atoms with E-state index in [1.807, 2.05) is 0 Å². The standard InChI is InChI=1S/C14H15ClN2O3S/c1-2-21(19,20)8-7-17-9-11(10-18)14(16-17)12-5-3-4-6-13(12)15/h3-6,9-10H,2,7-8H2,1H3. The number of carbonyl (C=O) groups excluding carboxylic acids is 1. The highest BCUT2D eigenvalue weighted by molar-refractivity contribution is 7.91. The first-order chi connectivity index (χ1) is 9.96. The maximum atomic E-state index is 11.5. The van der Waals surface area contributed by atoms with Gasteiger partial charge in [-0.3, -0.25) is 9.48 Å². The van der Waals surface area contributed by atoms with Gasteiger partial charge in [-0.05, 0) is 6.07 Å². The molecule has 1 heterocycles. The second-order valence-corrected chi connectivity index (χ2v) is 7.41. The summed E-state index contributed by atoms with van der Waals surface area (Å²) in [6.45, 7) is 1.81. The summed E-state index contributed by atoms with van der Waals surface area (Å²) >= 11 is 6.11. The zero-order chi connectivity index (χ0) is 15.5. The summed E-state index contributed by atoms with van der Waals surface area (Å²) in [5.41, 5.74) is 1.50. The molecule has 112 valence electrons. The molecule has 0 fully saturated rings. The fourth-order valence-corrected chi connectivity index (χ4v) is 2.86. The van der Waals surface area contributed by atoms with Crippen LogP contribution in [0, 0.1) is 0 Å². The average molecular weight is 327 g/mol. The molecule has 5 nitrogen and oxygen atoms in total. The Balaban J connectivity index is 2.33. The second-order valence-electron chi connectivity index (χ2n) is 4.53. The van der Waals surface area contributed by atoms with Gasteiger partial charge in [-0.15, -0.1) is 0 Å². The minimum atomic E-state index is -3.08. The van der Waals surface area contributed by atoms with Gasteiger partial charge in [0.1, 0.15) is 5.69 Å². The van der Waals surface area contributed by atoms with Crippen molar-refractivity contribution in [1.29, 1.82) is 0 Å². The molecule has 21 heavy (non-hydrogen) atoms. The molecule has 0 radical (unpaired) electrons. The van der Waals surface area contributed by atoms with Gasteiger partial charge in [0.2, 0.25) is 0 Å². The SMILES string of the molecule is CCS(=O)(=O)CCn1cc(C=O)c(-c2ccccc2Cl)n1. The van der Waals surface area contributed by atoms with Crippen molar-refractivity contribution in [3.05, 3.63) is 41.0 Å². The van der Waals surface area contributed by atoms with Crippen LogP contribution in [0.4, 0.5) is 0 Å². The van der Waals surface area contributed by atoms with Gasteiger partial charge in [-0.25, -0.2) is 8.42 Å². The summed E-state index contributed by atoms with van der Waals surface area (Å²) < 4.78 is 24.5. The van der Waals surface area contributed by atoms with E-state index in [1.165, 1.54) is 10.9 Å². The fraction of sp³-hybridized carbons (Fsp3) is 0.286.